The maximum absolute atomic E-state index is 12.9. The Balaban J connectivity index is 1.62. The third kappa shape index (κ3) is 4.86. The average Bonchev–Trinajstić information content (AvgIpc) is 3.10. The lowest BCUT2D eigenvalue weighted by Gasteiger charge is -2.04. The SMILES string of the molecule is CCCCOc1ccc(C=c2sc3nc(=O)c(Cc4ccc(OC)cc4)nn3c2=O)cc1. The Morgan fingerprint density at radius 3 is 2.44 bits per heavy atom. The maximum atomic E-state index is 12.9. The zero-order valence-corrected chi connectivity index (χ0v) is 18.7. The molecule has 0 fully saturated rings. The van der Waals surface area contributed by atoms with Crippen molar-refractivity contribution in [3.63, 3.8) is 0 Å². The number of rotatable bonds is 8. The van der Waals surface area contributed by atoms with Crippen LogP contribution in [0.4, 0.5) is 0 Å². The van der Waals surface area contributed by atoms with Gasteiger partial charge in [0, 0.05) is 6.42 Å². The van der Waals surface area contributed by atoms with Crippen LogP contribution in [0.2, 0.25) is 0 Å². The molecule has 0 aliphatic rings. The van der Waals surface area contributed by atoms with Gasteiger partial charge in [-0.15, -0.1) is 0 Å². The number of thiazole rings is 1. The normalized spacial score (nSPS) is 11.8. The summed E-state index contributed by atoms with van der Waals surface area (Å²) in [4.78, 5) is 29.7. The molecule has 0 aliphatic carbocycles. The fourth-order valence-electron chi connectivity index (χ4n) is 3.13. The molecule has 0 saturated carbocycles. The zero-order chi connectivity index (χ0) is 22.5. The van der Waals surface area contributed by atoms with Crippen LogP contribution in [0.25, 0.3) is 11.0 Å². The first-order valence-electron chi connectivity index (χ1n) is 10.4. The molecule has 0 radical (unpaired) electrons. The first-order valence-corrected chi connectivity index (χ1v) is 11.2. The summed E-state index contributed by atoms with van der Waals surface area (Å²) in [5, 5.41) is 4.30. The van der Waals surface area contributed by atoms with Gasteiger partial charge in [0.2, 0.25) is 4.96 Å². The molecular weight excluding hydrogens is 426 g/mol. The molecule has 0 aliphatic heterocycles. The lowest BCUT2D eigenvalue weighted by atomic mass is 10.1. The van der Waals surface area contributed by atoms with Crippen molar-refractivity contribution < 1.29 is 9.47 Å². The van der Waals surface area contributed by atoms with E-state index in [-0.39, 0.29) is 22.6 Å². The van der Waals surface area contributed by atoms with Gasteiger partial charge in [0.05, 0.1) is 18.2 Å². The summed E-state index contributed by atoms with van der Waals surface area (Å²) in [6, 6.07) is 14.9. The highest BCUT2D eigenvalue weighted by atomic mass is 32.1. The van der Waals surface area contributed by atoms with Gasteiger partial charge in [-0.25, -0.2) is 0 Å². The smallest absolute Gasteiger partial charge is 0.296 e. The predicted molar refractivity (Wildman–Crippen MR) is 125 cm³/mol. The highest BCUT2D eigenvalue weighted by molar-refractivity contribution is 7.15. The van der Waals surface area contributed by atoms with Crippen LogP contribution in [0.15, 0.2) is 58.1 Å². The fraction of sp³-hybridized carbons (Fsp3) is 0.250. The molecule has 4 aromatic rings. The molecule has 0 spiro atoms. The summed E-state index contributed by atoms with van der Waals surface area (Å²) in [5.41, 5.74) is 1.24. The largest absolute Gasteiger partial charge is 0.497 e. The molecule has 4 rings (SSSR count). The Morgan fingerprint density at radius 2 is 1.75 bits per heavy atom. The second-order valence-corrected chi connectivity index (χ2v) is 8.28. The Labute approximate surface area is 188 Å². The van der Waals surface area contributed by atoms with Gasteiger partial charge in [-0.05, 0) is 47.9 Å². The Bertz CT molecular complexity index is 1380. The summed E-state index contributed by atoms with van der Waals surface area (Å²) in [6.45, 7) is 2.80. The molecule has 8 heteroatoms. The van der Waals surface area contributed by atoms with E-state index in [2.05, 4.69) is 17.0 Å². The van der Waals surface area contributed by atoms with Gasteiger partial charge in [0.25, 0.3) is 11.1 Å². The quantitative estimate of drug-likeness (QED) is 0.385. The topological polar surface area (TPSA) is 82.8 Å². The van der Waals surface area contributed by atoms with Crippen LogP contribution in [-0.2, 0) is 6.42 Å². The number of ether oxygens (including phenoxy) is 2. The number of nitrogens with zero attached hydrogens (tertiary/aromatic N) is 3. The van der Waals surface area contributed by atoms with E-state index in [1.165, 1.54) is 4.52 Å². The van der Waals surface area contributed by atoms with Crippen molar-refractivity contribution in [1.82, 2.24) is 14.6 Å². The maximum Gasteiger partial charge on any atom is 0.296 e. The first-order chi connectivity index (χ1) is 15.6. The molecule has 2 aromatic heterocycles. The Kier molecular flexibility index (Phi) is 6.61. The fourth-order valence-corrected chi connectivity index (χ4v) is 4.04. The van der Waals surface area contributed by atoms with E-state index in [0.29, 0.717) is 11.1 Å². The summed E-state index contributed by atoms with van der Waals surface area (Å²) < 4.78 is 12.5. The molecule has 0 bridgehead atoms. The molecule has 0 amide bonds. The summed E-state index contributed by atoms with van der Waals surface area (Å²) in [5.74, 6) is 1.53. The third-order valence-corrected chi connectivity index (χ3v) is 5.88. The minimum absolute atomic E-state index is 0.225. The Morgan fingerprint density at radius 1 is 1.03 bits per heavy atom. The van der Waals surface area contributed by atoms with Crippen LogP contribution >= 0.6 is 11.3 Å². The molecule has 7 nitrogen and oxygen atoms in total. The van der Waals surface area contributed by atoms with Crippen molar-refractivity contribution in [2.45, 2.75) is 26.2 Å². The van der Waals surface area contributed by atoms with Crippen molar-refractivity contribution in [2.75, 3.05) is 13.7 Å². The van der Waals surface area contributed by atoms with Gasteiger partial charge in [-0.1, -0.05) is 48.9 Å². The van der Waals surface area contributed by atoms with Gasteiger partial charge >= 0.3 is 0 Å². The molecule has 2 aromatic carbocycles. The van der Waals surface area contributed by atoms with E-state index in [4.69, 9.17) is 9.47 Å². The van der Waals surface area contributed by atoms with E-state index < -0.39 is 5.56 Å². The van der Waals surface area contributed by atoms with Crippen LogP contribution in [0.1, 0.15) is 36.6 Å². The first kappa shape index (κ1) is 21.7. The molecule has 164 valence electrons. The summed E-state index contributed by atoms with van der Waals surface area (Å²) >= 11 is 1.15. The third-order valence-electron chi connectivity index (χ3n) is 4.93. The highest BCUT2D eigenvalue weighted by Gasteiger charge is 2.12. The van der Waals surface area contributed by atoms with Gasteiger partial charge in [-0.2, -0.15) is 14.6 Å². The highest BCUT2D eigenvalue weighted by Crippen LogP contribution is 2.14. The monoisotopic (exact) mass is 449 g/mol. The van der Waals surface area contributed by atoms with Crippen LogP contribution < -0.4 is 25.1 Å². The minimum atomic E-state index is -0.429. The van der Waals surface area contributed by atoms with E-state index >= 15 is 0 Å². The molecule has 0 saturated heterocycles. The van der Waals surface area contributed by atoms with Crippen LogP contribution in [0, 0.1) is 0 Å². The van der Waals surface area contributed by atoms with Crippen molar-refractivity contribution in [3.05, 3.63) is 90.6 Å². The van der Waals surface area contributed by atoms with Gasteiger partial charge < -0.3 is 9.47 Å². The summed E-state index contributed by atoms with van der Waals surface area (Å²) in [6.07, 6.45) is 4.14. The standard InChI is InChI=1S/C24H23N3O4S/c1-3-4-13-31-19-11-7-17(8-12-19)15-21-23(29)27-24(32-21)25-22(28)20(26-27)14-16-5-9-18(30-2)10-6-16/h5-12,15H,3-4,13-14H2,1-2H3. The summed E-state index contributed by atoms with van der Waals surface area (Å²) in [7, 11) is 1.59. The molecule has 32 heavy (non-hydrogen) atoms. The second-order valence-electron chi connectivity index (χ2n) is 7.27. The van der Waals surface area contributed by atoms with Crippen molar-refractivity contribution in [2.24, 2.45) is 0 Å². The van der Waals surface area contributed by atoms with Crippen LogP contribution in [0.3, 0.4) is 0 Å². The van der Waals surface area contributed by atoms with E-state index in [1.54, 1.807) is 13.2 Å². The number of aromatic nitrogens is 3. The lowest BCUT2D eigenvalue weighted by molar-refractivity contribution is 0.309. The van der Waals surface area contributed by atoms with Gasteiger partial charge in [-0.3, -0.25) is 9.59 Å². The number of methoxy groups -OCH3 is 1. The van der Waals surface area contributed by atoms with Crippen molar-refractivity contribution >= 4 is 22.4 Å². The van der Waals surface area contributed by atoms with E-state index in [1.807, 2.05) is 48.5 Å². The molecule has 2 heterocycles. The molecular formula is C24H23N3O4S. The van der Waals surface area contributed by atoms with Crippen molar-refractivity contribution in [3.8, 4) is 11.5 Å². The predicted octanol–water partition coefficient (Wildman–Crippen LogP) is 2.84. The van der Waals surface area contributed by atoms with E-state index in [9.17, 15) is 9.59 Å². The lowest BCUT2D eigenvalue weighted by Crippen LogP contribution is -2.28. The second kappa shape index (κ2) is 9.74. The Hall–Kier alpha value is -3.52. The van der Waals surface area contributed by atoms with E-state index in [0.717, 1.165) is 46.8 Å². The van der Waals surface area contributed by atoms with Crippen LogP contribution in [0.5, 0.6) is 11.5 Å². The number of benzene rings is 2. The number of fused-ring (bicyclic) bond motifs is 1. The van der Waals surface area contributed by atoms with Gasteiger partial charge in [0.15, 0.2) is 0 Å². The average molecular weight is 450 g/mol. The zero-order valence-electron chi connectivity index (χ0n) is 17.9. The number of hydrogen-bond acceptors (Lipinski definition) is 7. The molecule has 0 atom stereocenters. The number of hydrogen-bond donors (Lipinski definition) is 0. The van der Waals surface area contributed by atoms with Crippen LogP contribution in [-0.4, -0.2) is 28.3 Å². The van der Waals surface area contributed by atoms with Crippen molar-refractivity contribution in [1.29, 1.82) is 0 Å². The number of unbranched alkanes of at least 4 members (excludes halogenated alkanes) is 1. The molecule has 0 N–H and O–H groups in total. The minimum Gasteiger partial charge on any atom is -0.497 e. The van der Waals surface area contributed by atoms with Gasteiger partial charge in [0.1, 0.15) is 17.2 Å². The molecule has 0 unspecified atom stereocenters.